The molecule has 5 rings (SSSR count). The number of benzene rings is 1. The summed E-state index contributed by atoms with van der Waals surface area (Å²) < 4.78 is 18.0. The third-order valence-electron chi connectivity index (χ3n) is 6.79. The molecule has 0 radical (unpaired) electrons. The second-order valence-corrected chi connectivity index (χ2v) is 11.3. The van der Waals surface area contributed by atoms with Gasteiger partial charge in [0.25, 0.3) is 0 Å². The number of cyclic esters (lactones) is 1. The molecule has 0 N–H and O–H groups in total. The first-order valence-electron chi connectivity index (χ1n) is 12.4. The van der Waals surface area contributed by atoms with E-state index in [1.807, 2.05) is 32.2 Å². The summed E-state index contributed by atoms with van der Waals surface area (Å²) in [6, 6.07) is 7.63. The molecule has 1 saturated heterocycles. The van der Waals surface area contributed by atoms with E-state index in [4.69, 9.17) is 24.2 Å². The third-order valence-corrected chi connectivity index (χ3v) is 7.38. The van der Waals surface area contributed by atoms with Crippen LogP contribution < -0.4 is 4.90 Å². The Morgan fingerprint density at radius 2 is 1.95 bits per heavy atom. The zero-order valence-corrected chi connectivity index (χ0v) is 22.9. The normalized spacial score (nSPS) is 18.1. The van der Waals surface area contributed by atoms with Gasteiger partial charge in [0.2, 0.25) is 0 Å². The average Bonchev–Trinajstić information content (AvgIpc) is 3.22. The van der Waals surface area contributed by atoms with Gasteiger partial charge in [0.15, 0.2) is 5.82 Å². The Morgan fingerprint density at radius 3 is 2.65 bits per heavy atom. The predicted molar refractivity (Wildman–Crippen MR) is 143 cm³/mol. The van der Waals surface area contributed by atoms with Gasteiger partial charge in [-0.05, 0) is 59.1 Å². The van der Waals surface area contributed by atoms with Crippen LogP contribution in [0.25, 0.3) is 22.3 Å². The first kappa shape index (κ1) is 25.5. The van der Waals surface area contributed by atoms with E-state index in [1.54, 1.807) is 24.8 Å². The van der Waals surface area contributed by atoms with Gasteiger partial charge in [0, 0.05) is 34.9 Å². The number of thioether (sulfide) groups is 1. The molecule has 0 unspecified atom stereocenters. The number of aromatic nitrogens is 3. The second-order valence-electron chi connectivity index (χ2n) is 10.4. The maximum absolute atomic E-state index is 12.9. The molecule has 0 atom stereocenters. The van der Waals surface area contributed by atoms with Crippen LogP contribution in [0.3, 0.4) is 0 Å². The molecule has 0 bridgehead atoms. The van der Waals surface area contributed by atoms with Crippen molar-refractivity contribution >= 4 is 40.5 Å². The SMILES string of the molecule is CCOC(=O)c1cc2cc(-c3nc(CSC)cc(N4CCOCC4(C)C)n3)cc3c2n1C(=O)OC3(C)C. The molecular formula is C27H32N4O5S. The van der Waals surface area contributed by atoms with Crippen molar-refractivity contribution in [3.05, 3.63) is 41.2 Å². The molecule has 0 amide bonds. The van der Waals surface area contributed by atoms with Gasteiger partial charge in [-0.15, -0.1) is 0 Å². The number of anilines is 1. The van der Waals surface area contributed by atoms with Crippen LogP contribution in [0.15, 0.2) is 24.3 Å². The van der Waals surface area contributed by atoms with Gasteiger partial charge in [-0.2, -0.15) is 11.8 Å². The van der Waals surface area contributed by atoms with Crippen molar-refractivity contribution in [3.8, 4) is 11.4 Å². The van der Waals surface area contributed by atoms with Crippen molar-refractivity contribution in [1.29, 1.82) is 0 Å². The van der Waals surface area contributed by atoms with Crippen molar-refractivity contribution in [2.24, 2.45) is 0 Å². The molecule has 1 fully saturated rings. The largest absolute Gasteiger partial charge is 0.461 e. The van der Waals surface area contributed by atoms with Crippen LogP contribution in [0.2, 0.25) is 0 Å². The Morgan fingerprint density at radius 1 is 1.16 bits per heavy atom. The van der Waals surface area contributed by atoms with E-state index in [1.165, 1.54) is 4.57 Å². The fraction of sp³-hybridized carbons (Fsp3) is 0.481. The highest BCUT2D eigenvalue weighted by Gasteiger charge is 2.39. The van der Waals surface area contributed by atoms with Crippen molar-refractivity contribution in [2.75, 3.05) is 37.5 Å². The lowest BCUT2D eigenvalue weighted by molar-refractivity contribution is 0.0302. The number of ether oxygens (including phenoxy) is 3. The van der Waals surface area contributed by atoms with E-state index in [0.29, 0.717) is 24.6 Å². The van der Waals surface area contributed by atoms with Crippen molar-refractivity contribution in [2.45, 2.75) is 51.5 Å². The molecule has 2 aromatic heterocycles. The molecule has 37 heavy (non-hydrogen) atoms. The Balaban J connectivity index is 1.71. The number of rotatable bonds is 6. The van der Waals surface area contributed by atoms with E-state index >= 15 is 0 Å². The standard InChI is InChI=1S/C27H32N4O5S/c1-7-35-24(32)20-12-16-10-17(11-19-22(16)31(20)25(33)36-27(19,4)5)23-28-18(14-37-6)13-21(29-23)30-8-9-34-15-26(30,2)3/h10-13H,7-9,14-15H2,1-6H3. The van der Waals surface area contributed by atoms with Crippen LogP contribution in [0, 0.1) is 0 Å². The van der Waals surface area contributed by atoms with Crippen LogP contribution in [-0.4, -0.2) is 64.8 Å². The smallest absolute Gasteiger partial charge is 0.420 e. The number of nitrogens with zero attached hydrogens (tertiary/aromatic N) is 4. The molecule has 2 aliphatic heterocycles. The Hall–Kier alpha value is -3.11. The summed E-state index contributed by atoms with van der Waals surface area (Å²) in [5.41, 5.74) is 2.17. The van der Waals surface area contributed by atoms with Gasteiger partial charge < -0.3 is 19.1 Å². The maximum atomic E-state index is 12.9. The molecule has 0 spiro atoms. The maximum Gasteiger partial charge on any atom is 0.420 e. The molecule has 3 aromatic rings. The second kappa shape index (κ2) is 9.33. The van der Waals surface area contributed by atoms with Gasteiger partial charge >= 0.3 is 12.1 Å². The molecule has 9 nitrogen and oxygen atoms in total. The van der Waals surface area contributed by atoms with Crippen LogP contribution in [0.4, 0.5) is 10.6 Å². The zero-order chi connectivity index (χ0) is 26.5. The Bertz CT molecular complexity index is 1400. The number of morpholine rings is 1. The number of hydrogen-bond donors (Lipinski definition) is 0. The monoisotopic (exact) mass is 524 g/mol. The van der Waals surface area contributed by atoms with Gasteiger partial charge in [0.05, 0.1) is 36.6 Å². The minimum atomic E-state index is -0.905. The predicted octanol–water partition coefficient (Wildman–Crippen LogP) is 4.99. The third kappa shape index (κ3) is 4.46. The lowest BCUT2D eigenvalue weighted by atomic mass is 9.92. The fourth-order valence-electron chi connectivity index (χ4n) is 5.06. The summed E-state index contributed by atoms with van der Waals surface area (Å²) in [7, 11) is 0. The van der Waals surface area contributed by atoms with E-state index in [-0.39, 0.29) is 17.8 Å². The molecule has 1 aromatic carbocycles. The molecule has 196 valence electrons. The minimum Gasteiger partial charge on any atom is -0.461 e. The van der Waals surface area contributed by atoms with Gasteiger partial charge in [0.1, 0.15) is 17.1 Å². The topological polar surface area (TPSA) is 95.8 Å². The number of esters is 1. The number of carbonyl (C=O) groups is 2. The minimum absolute atomic E-state index is 0.142. The summed E-state index contributed by atoms with van der Waals surface area (Å²) in [5, 5.41) is 0.729. The van der Waals surface area contributed by atoms with Gasteiger partial charge in [-0.25, -0.2) is 24.1 Å². The Kier molecular flexibility index (Phi) is 6.44. The molecule has 4 heterocycles. The van der Waals surface area contributed by atoms with Crippen LogP contribution in [-0.2, 0) is 25.6 Å². The van der Waals surface area contributed by atoms with E-state index < -0.39 is 17.7 Å². The fourth-order valence-corrected chi connectivity index (χ4v) is 5.50. The lowest BCUT2D eigenvalue weighted by Gasteiger charge is -2.43. The lowest BCUT2D eigenvalue weighted by Crippen LogP contribution is -2.53. The molecule has 0 saturated carbocycles. The first-order valence-corrected chi connectivity index (χ1v) is 13.8. The summed E-state index contributed by atoms with van der Waals surface area (Å²) in [6.45, 7) is 11.9. The number of carbonyl (C=O) groups excluding carboxylic acids is 2. The van der Waals surface area contributed by atoms with Crippen LogP contribution in [0.5, 0.6) is 0 Å². The zero-order valence-electron chi connectivity index (χ0n) is 22.1. The summed E-state index contributed by atoms with van der Waals surface area (Å²) >= 11 is 1.70. The first-order chi connectivity index (χ1) is 17.6. The highest BCUT2D eigenvalue weighted by Crippen LogP contribution is 2.41. The highest BCUT2D eigenvalue weighted by molar-refractivity contribution is 7.97. The van der Waals surface area contributed by atoms with Gasteiger partial charge in [-0.1, -0.05) is 0 Å². The van der Waals surface area contributed by atoms with Crippen LogP contribution in [0.1, 0.15) is 56.4 Å². The Labute approximate surface area is 220 Å². The molecule has 2 aliphatic rings. The quantitative estimate of drug-likeness (QED) is 0.413. The van der Waals surface area contributed by atoms with E-state index in [2.05, 4.69) is 24.8 Å². The van der Waals surface area contributed by atoms with Gasteiger partial charge in [-0.3, -0.25) is 0 Å². The number of hydrogen-bond acceptors (Lipinski definition) is 9. The van der Waals surface area contributed by atoms with Crippen molar-refractivity contribution < 1.29 is 23.8 Å². The van der Waals surface area contributed by atoms with E-state index in [9.17, 15) is 9.59 Å². The highest BCUT2D eigenvalue weighted by atomic mass is 32.2. The molecular weight excluding hydrogens is 492 g/mol. The van der Waals surface area contributed by atoms with E-state index in [0.717, 1.165) is 40.3 Å². The van der Waals surface area contributed by atoms with Crippen molar-refractivity contribution in [3.63, 3.8) is 0 Å². The summed E-state index contributed by atoms with van der Waals surface area (Å²) in [4.78, 5) is 37.8. The summed E-state index contributed by atoms with van der Waals surface area (Å²) in [6.07, 6.45) is 1.45. The molecule has 10 heteroatoms. The van der Waals surface area contributed by atoms with Crippen LogP contribution >= 0.6 is 11.8 Å². The van der Waals surface area contributed by atoms with Crippen molar-refractivity contribution in [1.82, 2.24) is 14.5 Å². The average molecular weight is 525 g/mol. The molecule has 0 aliphatic carbocycles. The summed E-state index contributed by atoms with van der Waals surface area (Å²) in [5.74, 6) is 1.61.